The van der Waals surface area contributed by atoms with Gasteiger partial charge in [0.25, 0.3) is 0 Å². The fourth-order valence-electron chi connectivity index (χ4n) is 4.64. The summed E-state index contributed by atoms with van der Waals surface area (Å²) in [5, 5.41) is 9.47. The SMILES string of the molecule is C=Nc1c(N)ncnc1N(C)[C@H]1CC(O)[C@@H](COP(=O)(O)SC2CC(=O)N(C3CCCC3)C2=O)O1. The molecule has 2 aliphatic heterocycles. The van der Waals surface area contributed by atoms with Crippen LogP contribution in [-0.2, 0) is 23.4 Å². The molecule has 0 spiro atoms. The number of nitrogens with two attached hydrogens (primary N) is 1. The Morgan fingerprint density at radius 2 is 2.11 bits per heavy atom. The highest BCUT2D eigenvalue weighted by Crippen LogP contribution is 2.59. The second kappa shape index (κ2) is 10.5. The number of nitrogens with zero attached hydrogens (tertiary/aromatic N) is 5. The molecule has 0 aromatic carbocycles. The van der Waals surface area contributed by atoms with E-state index in [1.165, 1.54) is 11.2 Å². The summed E-state index contributed by atoms with van der Waals surface area (Å²) in [6, 6.07) is -0.127. The summed E-state index contributed by atoms with van der Waals surface area (Å²) in [6.07, 6.45) is 2.20. The van der Waals surface area contributed by atoms with Gasteiger partial charge in [0.05, 0.1) is 12.7 Å². The molecule has 15 heteroatoms. The van der Waals surface area contributed by atoms with E-state index in [-0.39, 0.29) is 42.9 Å². The molecule has 4 rings (SSSR count). The molecule has 3 unspecified atom stereocenters. The van der Waals surface area contributed by atoms with Crippen LogP contribution in [0.4, 0.5) is 17.3 Å². The molecular formula is C20H29N6O7PS. The molecule has 3 fully saturated rings. The first-order valence-corrected chi connectivity index (χ1v) is 14.3. The van der Waals surface area contributed by atoms with Gasteiger partial charge in [0.15, 0.2) is 11.6 Å². The van der Waals surface area contributed by atoms with Crippen molar-refractivity contribution in [1.82, 2.24) is 14.9 Å². The third-order valence-corrected chi connectivity index (χ3v) is 9.70. The van der Waals surface area contributed by atoms with E-state index in [0.29, 0.717) is 17.2 Å². The van der Waals surface area contributed by atoms with Gasteiger partial charge in [-0.3, -0.25) is 24.0 Å². The van der Waals surface area contributed by atoms with Crippen LogP contribution in [0.3, 0.4) is 0 Å². The van der Waals surface area contributed by atoms with Crippen molar-refractivity contribution in [3.05, 3.63) is 6.33 Å². The van der Waals surface area contributed by atoms with Crippen molar-refractivity contribution in [2.45, 2.75) is 68.3 Å². The van der Waals surface area contributed by atoms with Gasteiger partial charge >= 0.3 is 6.80 Å². The zero-order valence-electron chi connectivity index (χ0n) is 19.2. The molecule has 0 radical (unpaired) electrons. The summed E-state index contributed by atoms with van der Waals surface area (Å²) in [7, 11) is 1.67. The number of amides is 2. The topological polar surface area (TPSA) is 181 Å². The Labute approximate surface area is 206 Å². The van der Waals surface area contributed by atoms with Crippen molar-refractivity contribution in [3.63, 3.8) is 0 Å². The molecule has 5 atom stereocenters. The number of hydrogen-bond donors (Lipinski definition) is 3. The minimum atomic E-state index is -4.31. The maximum Gasteiger partial charge on any atom is 0.387 e. The normalized spacial score (nSPS) is 29.1. The molecule has 2 saturated heterocycles. The fraction of sp³-hybridized carbons (Fsp3) is 0.650. The van der Waals surface area contributed by atoms with E-state index in [1.54, 1.807) is 11.9 Å². The van der Waals surface area contributed by atoms with Gasteiger partial charge in [-0.25, -0.2) is 14.5 Å². The van der Waals surface area contributed by atoms with Crippen LogP contribution < -0.4 is 10.6 Å². The number of aliphatic hydroxyl groups excluding tert-OH is 1. The predicted molar refractivity (Wildman–Crippen MR) is 129 cm³/mol. The van der Waals surface area contributed by atoms with Crippen LogP contribution in [-0.4, -0.2) is 86.8 Å². The van der Waals surface area contributed by atoms with E-state index < -0.39 is 36.4 Å². The summed E-state index contributed by atoms with van der Waals surface area (Å²) in [4.78, 5) is 50.2. The van der Waals surface area contributed by atoms with E-state index >= 15 is 0 Å². The van der Waals surface area contributed by atoms with Crippen LogP contribution in [0, 0.1) is 0 Å². The Morgan fingerprint density at radius 1 is 1.40 bits per heavy atom. The quantitative estimate of drug-likeness (QED) is 0.237. The maximum absolute atomic E-state index is 12.7. The Morgan fingerprint density at radius 3 is 2.80 bits per heavy atom. The second-order valence-electron chi connectivity index (χ2n) is 8.74. The fourth-order valence-corrected chi connectivity index (χ4v) is 7.61. The van der Waals surface area contributed by atoms with Crippen molar-refractivity contribution >= 4 is 54.0 Å². The van der Waals surface area contributed by atoms with Gasteiger partial charge in [0.2, 0.25) is 11.8 Å². The highest BCUT2D eigenvalue weighted by Gasteiger charge is 2.47. The predicted octanol–water partition coefficient (Wildman–Crippen LogP) is 1.22. The summed E-state index contributed by atoms with van der Waals surface area (Å²) in [5.74, 6) is -0.274. The van der Waals surface area contributed by atoms with Crippen LogP contribution in [0.1, 0.15) is 38.5 Å². The van der Waals surface area contributed by atoms with Crippen molar-refractivity contribution in [3.8, 4) is 0 Å². The lowest BCUT2D eigenvalue weighted by molar-refractivity contribution is -0.140. The molecule has 3 aliphatic rings. The number of anilines is 2. The molecular weight excluding hydrogens is 499 g/mol. The van der Waals surface area contributed by atoms with Crippen LogP contribution in [0.5, 0.6) is 0 Å². The lowest BCUT2D eigenvalue weighted by Crippen LogP contribution is -2.39. The van der Waals surface area contributed by atoms with Crippen LogP contribution in [0.2, 0.25) is 0 Å². The maximum atomic E-state index is 12.7. The highest BCUT2D eigenvalue weighted by molar-refractivity contribution is 8.55. The van der Waals surface area contributed by atoms with Crippen LogP contribution >= 0.6 is 18.2 Å². The molecule has 35 heavy (non-hydrogen) atoms. The number of rotatable bonds is 9. The molecule has 1 saturated carbocycles. The molecule has 13 nitrogen and oxygen atoms in total. The van der Waals surface area contributed by atoms with Crippen LogP contribution in [0.25, 0.3) is 0 Å². The van der Waals surface area contributed by atoms with Crippen molar-refractivity contribution in [1.29, 1.82) is 0 Å². The first-order chi connectivity index (χ1) is 16.6. The van der Waals surface area contributed by atoms with Gasteiger partial charge in [-0.1, -0.05) is 12.8 Å². The van der Waals surface area contributed by atoms with Gasteiger partial charge in [-0.15, -0.1) is 0 Å². The summed E-state index contributed by atoms with van der Waals surface area (Å²) >= 11 is 0.458. The molecule has 3 heterocycles. The van der Waals surface area contributed by atoms with Crippen molar-refractivity contribution < 1.29 is 33.4 Å². The monoisotopic (exact) mass is 528 g/mol. The molecule has 2 amide bonds. The second-order valence-corrected chi connectivity index (χ2v) is 12.7. The number of imide groups is 1. The van der Waals surface area contributed by atoms with Crippen LogP contribution in [0.15, 0.2) is 11.3 Å². The number of likely N-dealkylation sites (tertiary alicyclic amines) is 1. The van der Waals surface area contributed by atoms with E-state index in [9.17, 15) is 24.2 Å². The van der Waals surface area contributed by atoms with E-state index in [4.69, 9.17) is 15.0 Å². The molecule has 0 bridgehead atoms. The number of carbonyl (C=O) groups excluding carboxylic acids is 2. The smallest absolute Gasteiger partial charge is 0.387 e. The standard InChI is InChI=1S/C20H29N6O7PS/c1-22-17-18(21)23-10-24-19(17)25(2)16-7-12(27)13(33-16)9-32-34(30,31)35-14-8-15(28)26(20(14)29)11-5-3-4-6-11/h10-14,16,27H,1,3-9H2,2H3,(H,30,31)(H2,21,23,24)/t12?,13-,14?,16-/m1/s1. The minimum Gasteiger partial charge on any atom is -0.390 e. The van der Waals surface area contributed by atoms with E-state index in [2.05, 4.69) is 21.7 Å². The minimum absolute atomic E-state index is 0.127. The van der Waals surface area contributed by atoms with Gasteiger partial charge in [-0.2, -0.15) is 0 Å². The van der Waals surface area contributed by atoms with E-state index in [1.807, 2.05) is 0 Å². The number of aromatic nitrogens is 2. The largest absolute Gasteiger partial charge is 0.390 e. The van der Waals surface area contributed by atoms with Crippen molar-refractivity contribution in [2.75, 3.05) is 24.3 Å². The molecule has 1 aromatic rings. The van der Waals surface area contributed by atoms with E-state index in [0.717, 1.165) is 25.7 Å². The number of aliphatic imine (C=N–C) groups is 1. The average molecular weight is 529 g/mol. The summed E-state index contributed by atoms with van der Waals surface area (Å²) < 4.78 is 23.7. The Hall–Kier alpha value is -2.09. The third kappa shape index (κ3) is 5.52. The Kier molecular flexibility index (Phi) is 7.79. The first kappa shape index (κ1) is 26.0. The summed E-state index contributed by atoms with van der Waals surface area (Å²) in [5.41, 5.74) is 6.09. The number of hydrogen-bond acceptors (Lipinski definition) is 12. The first-order valence-electron chi connectivity index (χ1n) is 11.3. The number of ether oxygens (including phenoxy) is 1. The lowest BCUT2D eigenvalue weighted by atomic mass is 10.2. The highest BCUT2D eigenvalue weighted by atomic mass is 32.7. The molecule has 1 aromatic heterocycles. The lowest BCUT2D eigenvalue weighted by Gasteiger charge is -2.26. The zero-order chi connectivity index (χ0) is 25.3. The zero-order valence-corrected chi connectivity index (χ0v) is 20.9. The number of nitrogen functional groups attached to an aromatic ring is 1. The summed E-state index contributed by atoms with van der Waals surface area (Å²) in [6.45, 7) is -1.22. The Balaban J connectivity index is 1.33. The van der Waals surface area contributed by atoms with Gasteiger partial charge in [0.1, 0.15) is 29.6 Å². The average Bonchev–Trinajstić information content (AvgIpc) is 3.52. The Bertz CT molecular complexity index is 1040. The molecule has 1 aliphatic carbocycles. The molecule has 4 N–H and O–H groups in total. The van der Waals surface area contributed by atoms with Crippen molar-refractivity contribution in [2.24, 2.45) is 4.99 Å². The third-order valence-electron chi connectivity index (χ3n) is 6.45. The van der Waals surface area contributed by atoms with Gasteiger partial charge in [0, 0.05) is 25.9 Å². The number of aliphatic hydroxyl groups is 1. The number of carbonyl (C=O) groups is 2. The van der Waals surface area contributed by atoms with Gasteiger partial charge < -0.3 is 25.4 Å². The molecule has 192 valence electrons. The van der Waals surface area contributed by atoms with Gasteiger partial charge in [-0.05, 0) is 30.9 Å².